The highest BCUT2D eigenvalue weighted by Gasteiger charge is 2.43. The standard InChI is InChI=1S/C27H38F3N3O7S/c1-9-39-23(35)26(7,8)41-21-14-19(27(28,29)30)18(13-20(21)33(37)38)22(34)32(16(2)3)17-11-10-12-31(15-17)24(36)40-25(4,5)6/h13-14,16-17H,9-12,15H2,1-8H3/t17-/m1/s1. The number of hydrogen-bond acceptors (Lipinski definition) is 8. The van der Waals surface area contributed by atoms with Gasteiger partial charge in [-0.05, 0) is 74.3 Å². The first-order chi connectivity index (χ1) is 18.7. The molecule has 0 saturated carbocycles. The summed E-state index contributed by atoms with van der Waals surface area (Å²) in [6, 6.07) is -0.0779. The van der Waals surface area contributed by atoms with Gasteiger partial charge in [0.15, 0.2) is 0 Å². The largest absolute Gasteiger partial charge is 0.465 e. The van der Waals surface area contributed by atoms with Crippen LogP contribution in [-0.4, -0.2) is 74.8 Å². The lowest BCUT2D eigenvalue weighted by Crippen LogP contribution is -2.54. The molecule has 14 heteroatoms. The van der Waals surface area contributed by atoms with Gasteiger partial charge in [-0.25, -0.2) is 4.79 Å². The van der Waals surface area contributed by atoms with Crippen molar-refractivity contribution in [3.8, 4) is 0 Å². The number of nitro groups is 1. The topological polar surface area (TPSA) is 119 Å². The van der Waals surface area contributed by atoms with Crippen LogP contribution in [0.1, 0.15) is 84.2 Å². The molecule has 1 fully saturated rings. The zero-order valence-electron chi connectivity index (χ0n) is 24.6. The van der Waals surface area contributed by atoms with E-state index < -0.39 is 73.2 Å². The SMILES string of the molecule is CCOC(=O)C(C)(C)Sc1cc(C(F)(F)F)c(C(=O)N(C(C)C)[C@@H]2CCCN(C(=O)OC(C)(C)C)C2)cc1[N+](=O)[O-]. The summed E-state index contributed by atoms with van der Waals surface area (Å²) in [5, 5.41) is 12.0. The van der Waals surface area contributed by atoms with Crippen molar-refractivity contribution in [2.75, 3.05) is 19.7 Å². The Morgan fingerprint density at radius 3 is 2.27 bits per heavy atom. The molecule has 41 heavy (non-hydrogen) atoms. The Morgan fingerprint density at radius 1 is 1.17 bits per heavy atom. The van der Waals surface area contributed by atoms with E-state index in [0.29, 0.717) is 43.3 Å². The second kappa shape index (κ2) is 12.9. The number of carbonyl (C=O) groups is 3. The van der Waals surface area contributed by atoms with Crippen molar-refractivity contribution in [3.63, 3.8) is 0 Å². The minimum Gasteiger partial charge on any atom is -0.465 e. The summed E-state index contributed by atoms with van der Waals surface area (Å²) < 4.78 is 52.0. The Hall–Kier alpha value is -3.03. The van der Waals surface area contributed by atoms with E-state index >= 15 is 0 Å². The highest BCUT2D eigenvalue weighted by molar-refractivity contribution is 8.01. The molecule has 1 aromatic rings. The first-order valence-corrected chi connectivity index (χ1v) is 14.1. The third-order valence-electron chi connectivity index (χ3n) is 6.20. The van der Waals surface area contributed by atoms with Crippen molar-refractivity contribution in [1.82, 2.24) is 9.80 Å². The van der Waals surface area contributed by atoms with Crippen LogP contribution < -0.4 is 0 Å². The molecule has 10 nitrogen and oxygen atoms in total. The van der Waals surface area contributed by atoms with Gasteiger partial charge in [-0.1, -0.05) is 0 Å². The normalized spacial score (nSPS) is 16.4. The van der Waals surface area contributed by atoms with E-state index in [1.807, 2.05) is 0 Å². The number of nitrogens with zero attached hydrogens (tertiary/aromatic N) is 3. The Labute approximate surface area is 242 Å². The molecule has 1 heterocycles. The van der Waals surface area contributed by atoms with E-state index in [1.165, 1.54) is 23.6 Å². The van der Waals surface area contributed by atoms with Gasteiger partial charge in [0.1, 0.15) is 10.3 Å². The van der Waals surface area contributed by atoms with Gasteiger partial charge >= 0.3 is 18.2 Å². The predicted molar refractivity (Wildman–Crippen MR) is 147 cm³/mol. The molecule has 0 aliphatic carbocycles. The molecule has 1 aliphatic rings. The molecule has 1 aromatic carbocycles. The van der Waals surface area contributed by atoms with Gasteiger partial charge < -0.3 is 19.3 Å². The van der Waals surface area contributed by atoms with Crippen LogP contribution in [-0.2, 0) is 20.4 Å². The second-order valence-electron chi connectivity index (χ2n) is 11.5. The Balaban J connectivity index is 2.58. The number of amides is 2. The van der Waals surface area contributed by atoms with Crippen LogP contribution in [0.3, 0.4) is 0 Å². The number of likely N-dealkylation sites (tertiary alicyclic amines) is 1. The van der Waals surface area contributed by atoms with E-state index in [0.717, 1.165) is 0 Å². The van der Waals surface area contributed by atoms with E-state index in [-0.39, 0.29) is 13.2 Å². The maximum Gasteiger partial charge on any atom is 0.417 e. The fourth-order valence-electron chi connectivity index (χ4n) is 4.46. The predicted octanol–water partition coefficient (Wildman–Crippen LogP) is 6.30. The van der Waals surface area contributed by atoms with Gasteiger partial charge in [-0.15, -0.1) is 11.8 Å². The quantitative estimate of drug-likeness (QED) is 0.147. The summed E-state index contributed by atoms with van der Waals surface area (Å²) >= 11 is 0.551. The molecule has 1 atom stereocenters. The van der Waals surface area contributed by atoms with Crippen LogP contribution in [0, 0.1) is 10.1 Å². The third kappa shape index (κ3) is 8.73. The van der Waals surface area contributed by atoms with Crippen LogP contribution in [0.4, 0.5) is 23.7 Å². The maximum absolute atomic E-state index is 14.4. The Morgan fingerprint density at radius 2 is 1.78 bits per heavy atom. The second-order valence-corrected chi connectivity index (χ2v) is 13.1. The van der Waals surface area contributed by atoms with Crippen LogP contribution in [0.15, 0.2) is 17.0 Å². The van der Waals surface area contributed by atoms with Gasteiger partial charge in [0.25, 0.3) is 11.6 Å². The summed E-state index contributed by atoms with van der Waals surface area (Å²) in [4.78, 5) is 52.2. The molecular formula is C27H38F3N3O7S. The monoisotopic (exact) mass is 605 g/mol. The van der Waals surface area contributed by atoms with Gasteiger partial charge in [0.2, 0.25) is 0 Å². The molecule has 1 aliphatic heterocycles. The van der Waals surface area contributed by atoms with Crippen molar-refractivity contribution in [3.05, 3.63) is 33.4 Å². The lowest BCUT2D eigenvalue weighted by Gasteiger charge is -2.41. The number of hydrogen-bond donors (Lipinski definition) is 0. The maximum atomic E-state index is 14.4. The summed E-state index contributed by atoms with van der Waals surface area (Å²) in [7, 11) is 0. The highest BCUT2D eigenvalue weighted by atomic mass is 32.2. The average Bonchev–Trinajstić information content (AvgIpc) is 2.82. The molecule has 1 saturated heterocycles. The lowest BCUT2D eigenvalue weighted by molar-refractivity contribution is -0.387. The number of halogens is 3. The lowest BCUT2D eigenvalue weighted by atomic mass is 9.99. The summed E-state index contributed by atoms with van der Waals surface area (Å²) in [5.74, 6) is -1.81. The van der Waals surface area contributed by atoms with Gasteiger partial charge in [-0.3, -0.25) is 19.7 Å². The summed E-state index contributed by atoms with van der Waals surface area (Å²) in [6.07, 6.45) is -4.75. The number of esters is 1. The minimum atomic E-state index is -5.04. The first-order valence-electron chi connectivity index (χ1n) is 13.3. The molecular weight excluding hydrogens is 567 g/mol. The fraction of sp³-hybridized carbons (Fsp3) is 0.667. The Kier molecular flexibility index (Phi) is 10.7. The van der Waals surface area contributed by atoms with Crippen LogP contribution in [0.25, 0.3) is 0 Å². The number of alkyl halides is 3. The van der Waals surface area contributed by atoms with Crippen molar-refractivity contribution < 1.29 is 42.0 Å². The van der Waals surface area contributed by atoms with Crippen LogP contribution >= 0.6 is 11.8 Å². The van der Waals surface area contributed by atoms with Crippen molar-refractivity contribution >= 4 is 35.4 Å². The number of ether oxygens (including phenoxy) is 2. The molecule has 2 amide bonds. The molecule has 0 aromatic heterocycles. The van der Waals surface area contributed by atoms with Crippen LogP contribution in [0.2, 0.25) is 0 Å². The number of piperidine rings is 1. The number of carbonyl (C=O) groups excluding carboxylic acids is 3. The highest BCUT2D eigenvalue weighted by Crippen LogP contribution is 2.44. The molecule has 0 spiro atoms. The molecule has 0 unspecified atom stereocenters. The smallest absolute Gasteiger partial charge is 0.417 e. The van der Waals surface area contributed by atoms with Gasteiger partial charge in [0.05, 0.1) is 33.6 Å². The molecule has 230 valence electrons. The minimum absolute atomic E-state index is 0.0176. The zero-order chi connectivity index (χ0) is 31.5. The van der Waals surface area contributed by atoms with Crippen LogP contribution in [0.5, 0.6) is 0 Å². The van der Waals surface area contributed by atoms with Crippen molar-refractivity contribution in [2.45, 2.75) is 102 Å². The van der Waals surface area contributed by atoms with E-state index in [1.54, 1.807) is 41.5 Å². The number of nitro benzene ring substituents is 1. The average molecular weight is 606 g/mol. The molecule has 0 bridgehead atoms. The van der Waals surface area contributed by atoms with E-state index in [9.17, 15) is 37.7 Å². The number of rotatable bonds is 8. The zero-order valence-corrected chi connectivity index (χ0v) is 25.4. The first kappa shape index (κ1) is 34.2. The number of thioether (sulfide) groups is 1. The van der Waals surface area contributed by atoms with Gasteiger partial charge in [0, 0.05) is 25.2 Å². The summed E-state index contributed by atoms with van der Waals surface area (Å²) in [5.41, 5.74) is -3.75. The molecule has 0 N–H and O–H groups in total. The van der Waals surface area contributed by atoms with Gasteiger partial charge in [-0.2, -0.15) is 13.2 Å². The molecule has 2 rings (SSSR count). The van der Waals surface area contributed by atoms with E-state index in [4.69, 9.17) is 9.47 Å². The van der Waals surface area contributed by atoms with Crippen molar-refractivity contribution in [1.29, 1.82) is 0 Å². The van der Waals surface area contributed by atoms with Crippen molar-refractivity contribution in [2.24, 2.45) is 0 Å². The molecule has 0 radical (unpaired) electrons. The van der Waals surface area contributed by atoms with E-state index in [2.05, 4.69) is 0 Å². The third-order valence-corrected chi connectivity index (χ3v) is 7.42. The number of benzene rings is 1. The Bertz CT molecular complexity index is 1170. The fourth-order valence-corrected chi connectivity index (χ4v) is 5.57. The summed E-state index contributed by atoms with van der Waals surface area (Å²) in [6.45, 7) is 13.1.